The molecule has 4 nitrogen and oxygen atoms in total. The van der Waals surface area contributed by atoms with Crippen LogP contribution >= 0.6 is 11.3 Å². The van der Waals surface area contributed by atoms with Crippen molar-refractivity contribution in [2.45, 2.75) is 38.9 Å². The molecule has 118 valence electrons. The van der Waals surface area contributed by atoms with E-state index in [0.717, 1.165) is 0 Å². The summed E-state index contributed by atoms with van der Waals surface area (Å²) in [5.41, 5.74) is 0.496. The van der Waals surface area contributed by atoms with Gasteiger partial charge in [-0.1, -0.05) is 12.1 Å². The average molecular weight is 323 g/mol. The largest absolute Gasteiger partial charge is 0.504 e. The Morgan fingerprint density at radius 3 is 2.55 bits per heavy atom. The molecule has 0 saturated carbocycles. The fraction of sp³-hybridized carbons (Fsp3) is 0.400. The van der Waals surface area contributed by atoms with Gasteiger partial charge in [-0.2, -0.15) is 0 Å². The first kappa shape index (κ1) is 17.1. The van der Waals surface area contributed by atoms with Gasteiger partial charge in [-0.3, -0.25) is 0 Å². The van der Waals surface area contributed by atoms with Gasteiger partial charge in [-0.15, -0.1) is 11.3 Å². The second kappa shape index (κ2) is 6.08. The molecule has 0 aliphatic heterocycles. The predicted octanol–water partition coefficient (Wildman–Crippen LogP) is 2.20. The number of aliphatic hydroxyl groups is 1. The summed E-state index contributed by atoms with van der Waals surface area (Å²) in [6.45, 7) is 6.61. The maximum atomic E-state index is 13.4. The molecule has 0 amide bonds. The van der Waals surface area contributed by atoms with Gasteiger partial charge in [0.1, 0.15) is 5.82 Å². The molecule has 0 saturated heterocycles. The first-order valence-electron chi connectivity index (χ1n) is 6.89. The van der Waals surface area contributed by atoms with Gasteiger partial charge in [-0.25, -0.2) is 9.37 Å². The van der Waals surface area contributed by atoms with Gasteiger partial charge in [0.25, 0.3) is 0 Å². The highest BCUT2D eigenvalue weighted by Gasteiger charge is 2.40. The summed E-state index contributed by atoms with van der Waals surface area (Å²) in [6, 6.07) is 6.00. The summed E-state index contributed by atoms with van der Waals surface area (Å²) in [6.07, 6.45) is 0. The van der Waals surface area contributed by atoms with Crippen molar-refractivity contribution in [3.63, 3.8) is 0 Å². The topological polar surface area (TPSA) is 62.6 Å². The van der Waals surface area contributed by atoms with Crippen LogP contribution < -0.4 is 4.78 Å². The highest BCUT2D eigenvalue weighted by molar-refractivity contribution is 7.21. The fourth-order valence-electron chi connectivity index (χ4n) is 1.76. The van der Waals surface area contributed by atoms with E-state index in [0.29, 0.717) is 16.0 Å². The van der Waals surface area contributed by atoms with Crippen LogP contribution in [0, 0.1) is 5.82 Å². The zero-order valence-electron chi connectivity index (χ0n) is 13.0. The van der Waals surface area contributed by atoms with Crippen molar-refractivity contribution in [3.05, 3.63) is 35.6 Å². The van der Waals surface area contributed by atoms with Gasteiger partial charge in [0.15, 0.2) is 0 Å². The van der Waals surface area contributed by atoms with Gasteiger partial charge in [0, 0.05) is 5.56 Å². The van der Waals surface area contributed by atoms with Crippen molar-refractivity contribution in [2.24, 2.45) is 0 Å². The van der Waals surface area contributed by atoms with Crippen molar-refractivity contribution in [1.29, 1.82) is 0 Å². The molecular weight excluding hydrogens is 304 g/mol. The second-order valence-corrected chi connectivity index (χ2v) is 7.00. The van der Waals surface area contributed by atoms with E-state index < -0.39 is 18.3 Å². The van der Waals surface area contributed by atoms with Crippen LogP contribution in [0.5, 0.6) is 0 Å². The molecule has 1 heterocycles. The zero-order chi connectivity index (χ0) is 16.5. The molecule has 2 rings (SSSR count). The first-order chi connectivity index (χ1) is 10.1. The van der Waals surface area contributed by atoms with Crippen molar-refractivity contribution < 1.29 is 19.2 Å². The number of hydrogen-bond acceptors (Lipinski definition) is 5. The molecule has 1 aromatic heterocycles. The van der Waals surface area contributed by atoms with Crippen molar-refractivity contribution in [1.82, 2.24) is 4.98 Å². The molecule has 0 fully saturated rings. The summed E-state index contributed by atoms with van der Waals surface area (Å²) in [7, 11) is -1.26. The van der Waals surface area contributed by atoms with Crippen molar-refractivity contribution >= 4 is 23.2 Å². The second-order valence-electron chi connectivity index (χ2n) is 6.12. The molecule has 0 bridgehead atoms. The van der Waals surface area contributed by atoms with Gasteiger partial charge >= 0.3 is 7.12 Å². The summed E-state index contributed by atoms with van der Waals surface area (Å²) in [5, 5.41) is 20.5. The molecule has 0 unspecified atom stereocenters. The molecule has 2 N–H and O–H groups in total. The molecular formula is C15H19BFNO3S. The minimum absolute atomic E-state index is 0.372. The molecule has 0 atom stereocenters. The number of aromatic nitrogens is 1. The average Bonchev–Trinajstić information content (AvgIpc) is 2.86. The minimum atomic E-state index is -1.26. The van der Waals surface area contributed by atoms with E-state index in [4.69, 9.17) is 4.65 Å². The smallest absolute Gasteiger partial charge is 0.422 e. The van der Waals surface area contributed by atoms with Crippen LogP contribution in [0.4, 0.5) is 4.39 Å². The Balaban J connectivity index is 2.30. The van der Waals surface area contributed by atoms with Crippen LogP contribution in [0.15, 0.2) is 29.8 Å². The lowest BCUT2D eigenvalue weighted by Crippen LogP contribution is -2.53. The highest BCUT2D eigenvalue weighted by atomic mass is 32.1. The number of rotatable bonds is 5. The Hall–Kier alpha value is -1.28. The Labute approximate surface area is 133 Å². The lowest BCUT2D eigenvalue weighted by molar-refractivity contribution is -0.0981. The third-order valence-electron chi connectivity index (χ3n) is 3.80. The molecule has 2 aromatic rings. The zero-order valence-corrected chi connectivity index (χ0v) is 13.8. The maximum Gasteiger partial charge on any atom is 0.504 e. The van der Waals surface area contributed by atoms with E-state index in [2.05, 4.69) is 4.98 Å². The Kier molecular flexibility index (Phi) is 4.72. The SMILES string of the molecule is CC(C)(O)C(C)(C)OB(O)c1scnc1-c1cccc(F)c1. The van der Waals surface area contributed by atoms with Gasteiger partial charge in [0.2, 0.25) is 0 Å². The summed E-state index contributed by atoms with van der Waals surface area (Å²) in [4.78, 5) is 4.19. The minimum Gasteiger partial charge on any atom is -0.422 e. The van der Waals surface area contributed by atoms with E-state index in [1.807, 2.05) is 0 Å². The third-order valence-corrected chi connectivity index (χ3v) is 4.66. The predicted molar refractivity (Wildman–Crippen MR) is 86.6 cm³/mol. The van der Waals surface area contributed by atoms with Crippen molar-refractivity contribution in [2.75, 3.05) is 0 Å². The van der Waals surface area contributed by atoms with Crippen LogP contribution in [0.25, 0.3) is 11.3 Å². The van der Waals surface area contributed by atoms with Crippen LogP contribution in [-0.2, 0) is 4.65 Å². The summed E-state index contributed by atoms with van der Waals surface area (Å²) >= 11 is 1.22. The molecule has 0 aliphatic rings. The van der Waals surface area contributed by atoms with E-state index >= 15 is 0 Å². The number of benzene rings is 1. The summed E-state index contributed by atoms with van der Waals surface area (Å²) in [5.74, 6) is -0.372. The van der Waals surface area contributed by atoms with Gasteiger partial charge < -0.3 is 14.8 Å². The third kappa shape index (κ3) is 3.55. The van der Waals surface area contributed by atoms with Gasteiger partial charge in [-0.05, 0) is 39.8 Å². The van der Waals surface area contributed by atoms with E-state index in [9.17, 15) is 14.5 Å². The Morgan fingerprint density at radius 1 is 1.27 bits per heavy atom. The highest BCUT2D eigenvalue weighted by Crippen LogP contribution is 2.26. The molecule has 22 heavy (non-hydrogen) atoms. The first-order valence-corrected chi connectivity index (χ1v) is 7.77. The van der Waals surface area contributed by atoms with Crippen LogP contribution in [-0.4, -0.2) is 33.4 Å². The summed E-state index contributed by atoms with van der Waals surface area (Å²) < 4.78 is 19.5. The Morgan fingerprint density at radius 2 is 1.95 bits per heavy atom. The lowest BCUT2D eigenvalue weighted by atomic mass is 9.80. The normalized spacial score (nSPS) is 12.5. The van der Waals surface area contributed by atoms with Crippen LogP contribution in [0.3, 0.4) is 0 Å². The van der Waals surface area contributed by atoms with E-state index in [1.165, 1.54) is 23.5 Å². The number of hydrogen-bond donors (Lipinski definition) is 2. The number of halogens is 1. The number of thiazole rings is 1. The maximum absolute atomic E-state index is 13.4. The standard InChI is InChI=1S/C15H19BFNO3S/c1-14(2,19)15(3,4)21-16(20)13-12(18-9-22-13)10-6-5-7-11(17)8-10/h5-9,19-20H,1-4H3. The molecule has 0 spiro atoms. The van der Waals surface area contributed by atoms with Crippen LogP contribution in [0.1, 0.15) is 27.7 Å². The van der Waals surface area contributed by atoms with Crippen LogP contribution in [0.2, 0.25) is 0 Å². The monoisotopic (exact) mass is 323 g/mol. The van der Waals surface area contributed by atoms with E-state index in [1.54, 1.807) is 45.3 Å². The molecule has 0 radical (unpaired) electrons. The quantitative estimate of drug-likeness (QED) is 0.828. The molecule has 0 aliphatic carbocycles. The van der Waals surface area contributed by atoms with Crippen molar-refractivity contribution in [3.8, 4) is 11.3 Å². The fourth-order valence-corrected chi connectivity index (χ4v) is 2.48. The lowest BCUT2D eigenvalue weighted by Gasteiger charge is -2.38. The van der Waals surface area contributed by atoms with E-state index in [-0.39, 0.29) is 5.82 Å². The Bertz CT molecular complexity index is 654. The molecule has 7 heteroatoms. The molecule has 1 aromatic carbocycles. The van der Waals surface area contributed by atoms with Gasteiger partial charge in [0.05, 0.1) is 27.2 Å². The number of nitrogens with zero attached hydrogens (tertiary/aromatic N) is 1.